The molecule has 0 saturated carbocycles. The molecule has 1 aromatic rings. The van der Waals surface area contributed by atoms with Gasteiger partial charge in [0.25, 0.3) is 0 Å². The highest BCUT2D eigenvalue weighted by atomic mass is 16.2. The Morgan fingerprint density at radius 1 is 1.36 bits per heavy atom. The number of hydrogen-bond acceptors (Lipinski definition) is 2. The van der Waals surface area contributed by atoms with E-state index in [0.717, 1.165) is 5.69 Å². The number of benzene rings is 1. The van der Waals surface area contributed by atoms with Crippen molar-refractivity contribution in [3.8, 4) is 0 Å². The zero-order valence-electron chi connectivity index (χ0n) is 8.66. The Bertz CT molecular complexity index is 306. The molecule has 0 spiro atoms. The van der Waals surface area contributed by atoms with E-state index in [0.29, 0.717) is 13.1 Å². The minimum absolute atomic E-state index is 0.0271. The number of carbonyl (C=O) groups is 1. The molecule has 0 aliphatic rings. The van der Waals surface area contributed by atoms with Gasteiger partial charge in [0, 0.05) is 25.7 Å². The van der Waals surface area contributed by atoms with Crippen LogP contribution in [-0.4, -0.2) is 19.0 Å². The Morgan fingerprint density at radius 2 is 1.93 bits per heavy atom. The maximum atomic E-state index is 11.3. The maximum absolute atomic E-state index is 11.3. The minimum Gasteiger partial charge on any atom is -0.329 e. The number of amides is 1. The Morgan fingerprint density at radius 3 is 2.36 bits per heavy atom. The van der Waals surface area contributed by atoms with Crippen molar-refractivity contribution in [1.29, 1.82) is 0 Å². The monoisotopic (exact) mass is 192 g/mol. The summed E-state index contributed by atoms with van der Waals surface area (Å²) < 4.78 is 0. The van der Waals surface area contributed by atoms with Crippen molar-refractivity contribution in [1.82, 2.24) is 0 Å². The molecule has 1 aromatic carbocycles. The lowest BCUT2D eigenvalue weighted by Gasteiger charge is -2.20. The van der Waals surface area contributed by atoms with Crippen LogP contribution in [0.1, 0.15) is 12.5 Å². The lowest BCUT2D eigenvalue weighted by molar-refractivity contribution is -0.116. The molecule has 0 saturated heterocycles. The van der Waals surface area contributed by atoms with Gasteiger partial charge < -0.3 is 10.6 Å². The summed E-state index contributed by atoms with van der Waals surface area (Å²) in [5.41, 5.74) is 7.54. The van der Waals surface area contributed by atoms with Gasteiger partial charge in [-0.05, 0) is 19.1 Å². The number of nitrogens with zero attached hydrogens (tertiary/aromatic N) is 1. The van der Waals surface area contributed by atoms with E-state index in [9.17, 15) is 4.79 Å². The van der Waals surface area contributed by atoms with Crippen molar-refractivity contribution in [2.24, 2.45) is 5.73 Å². The van der Waals surface area contributed by atoms with Gasteiger partial charge in [0.2, 0.25) is 5.91 Å². The van der Waals surface area contributed by atoms with E-state index in [-0.39, 0.29) is 5.91 Å². The van der Waals surface area contributed by atoms with Gasteiger partial charge in [0.1, 0.15) is 0 Å². The van der Waals surface area contributed by atoms with E-state index in [1.54, 1.807) is 11.8 Å². The molecule has 0 fully saturated rings. The molecule has 0 aliphatic heterocycles. The fraction of sp³-hybridized carbons (Fsp3) is 0.364. The molecule has 14 heavy (non-hydrogen) atoms. The molecule has 0 aliphatic carbocycles. The van der Waals surface area contributed by atoms with Crippen LogP contribution >= 0.6 is 0 Å². The first kappa shape index (κ1) is 10.7. The number of hydrogen-bond donors (Lipinski definition) is 1. The molecule has 0 unspecified atom stereocenters. The summed E-state index contributed by atoms with van der Waals surface area (Å²) in [6.07, 6.45) is 0. The van der Waals surface area contributed by atoms with Crippen LogP contribution < -0.4 is 10.6 Å². The Labute approximate surface area is 84.5 Å². The van der Waals surface area contributed by atoms with Gasteiger partial charge in [-0.3, -0.25) is 4.79 Å². The SMILES string of the molecule is CC(=O)N(CCN)c1ccc(C)cc1. The van der Waals surface area contributed by atoms with E-state index in [1.165, 1.54) is 5.56 Å². The van der Waals surface area contributed by atoms with Gasteiger partial charge in [-0.2, -0.15) is 0 Å². The Balaban J connectivity index is 2.87. The zero-order valence-corrected chi connectivity index (χ0v) is 8.66. The van der Waals surface area contributed by atoms with Gasteiger partial charge >= 0.3 is 0 Å². The standard InChI is InChI=1S/C11H16N2O/c1-9-3-5-11(6-4-9)13(8-7-12)10(2)14/h3-6H,7-8,12H2,1-2H3. The summed E-state index contributed by atoms with van der Waals surface area (Å²) >= 11 is 0. The van der Waals surface area contributed by atoms with Gasteiger partial charge in [-0.1, -0.05) is 17.7 Å². The van der Waals surface area contributed by atoms with E-state index in [1.807, 2.05) is 31.2 Å². The Hall–Kier alpha value is -1.35. The highest BCUT2D eigenvalue weighted by Crippen LogP contribution is 2.14. The lowest BCUT2D eigenvalue weighted by Crippen LogP contribution is -2.33. The molecule has 0 atom stereocenters. The van der Waals surface area contributed by atoms with Gasteiger partial charge in [0.05, 0.1) is 0 Å². The third-order valence-electron chi connectivity index (χ3n) is 2.08. The molecule has 3 heteroatoms. The second-order valence-electron chi connectivity index (χ2n) is 3.29. The molecular formula is C11H16N2O. The van der Waals surface area contributed by atoms with Gasteiger partial charge in [0.15, 0.2) is 0 Å². The largest absolute Gasteiger partial charge is 0.329 e. The topological polar surface area (TPSA) is 46.3 Å². The predicted molar refractivity (Wildman–Crippen MR) is 58.3 cm³/mol. The Kier molecular flexibility index (Phi) is 3.65. The van der Waals surface area contributed by atoms with Crippen LogP contribution in [0, 0.1) is 6.92 Å². The highest BCUT2D eigenvalue weighted by Gasteiger charge is 2.08. The first-order chi connectivity index (χ1) is 6.65. The number of rotatable bonds is 3. The molecule has 76 valence electrons. The number of nitrogens with two attached hydrogens (primary N) is 1. The molecule has 1 rings (SSSR count). The summed E-state index contributed by atoms with van der Waals surface area (Å²) in [6, 6.07) is 7.85. The summed E-state index contributed by atoms with van der Waals surface area (Å²) in [4.78, 5) is 13.0. The van der Waals surface area contributed by atoms with Gasteiger partial charge in [-0.25, -0.2) is 0 Å². The lowest BCUT2D eigenvalue weighted by atomic mass is 10.2. The van der Waals surface area contributed by atoms with Crippen molar-refractivity contribution in [3.63, 3.8) is 0 Å². The second-order valence-corrected chi connectivity index (χ2v) is 3.29. The number of aryl methyl sites for hydroxylation is 1. The van der Waals surface area contributed by atoms with Crippen LogP contribution in [0.5, 0.6) is 0 Å². The first-order valence-corrected chi connectivity index (χ1v) is 4.70. The average Bonchev–Trinajstić information content (AvgIpc) is 2.15. The van der Waals surface area contributed by atoms with Gasteiger partial charge in [-0.15, -0.1) is 0 Å². The van der Waals surface area contributed by atoms with E-state index >= 15 is 0 Å². The van der Waals surface area contributed by atoms with Crippen molar-refractivity contribution in [2.75, 3.05) is 18.0 Å². The smallest absolute Gasteiger partial charge is 0.223 e. The molecule has 2 N–H and O–H groups in total. The van der Waals surface area contributed by atoms with Crippen LogP contribution in [0.25, 0.3) is 0 Å². The predicted octanol–water partition coefficient (Wildman–Crippen LogP) is 1.31. The molecule has 0 bridgehead atoms. The quantitative estimate of drug-likeness (QED) is 0.784. The fourth-order valence-corrected chi connectivity index (χ4v) is 1.32. The van der Waals surface area contributed by atoms with E-state index < -0.39 is 0 Å². The first-order valence-electron chi connectivity index (χ1n) is 4.70. The molecular weight excluding hydrogens is 176 g/mol. The third-order valence-corrected chi connectivity index (χ3v) is 2.08. The highest BCUT2D eigenvalue weighted by molar-refractivity contribution is 5.91. The second kappa shape index (κ2) is 4.77. The average molecular weight is 192 g/mol. The summed E-state index contributed by atoms with van der Waals surface area (Å²) in [6.45, 7) is 4.62. The molecule has 0 heterocycles. The van der Waals surface area contributed by atoms with Crippen molar-refractivity contribution >= 4 is 11.6 Å². The van der Waals surface area contributed by atoms with Crippen LogP contribution in [0.2, 0.25) is 0 Å². The number of carbonyl (C=O) groups excluding carboxylic acids is 1. The molecule has 1 amide bonds. The van der Waals surface area contributed by atoms with Crippen molar-refractivity contribution in [2.45, 2.75) is 13.8 Å². The summed E-state index contributed by atoms with van der Waals surface area (Å²) in [7, 11) is 0. The van der Waals surface area contributed by atoms with Crippen LogP contribution in [0.4, 0.5) is 5.69 Å². The fourth-order valence-electron chi connectivity index (χ4n) is 1.32. The van der Waals surface area contributed by atoms with Crippen LogP contribution in [0.15, 0.2) is 24.3 Å². The zero-order chi connectivity index (χ0) is 10.6. The van der Waals surface area contributed by atoms with Crippen LogP contribution in [0.3, 0.4) is 0 Å². The minimum atomic E-state index is 0.0271. The normalized spacial score (nSPS) is 9.93. The van der Waals surface area contributed by atoms with Crippen LogP contribution in [-0.2, 0) is 4.79 Å². The third kappa shape index (κ3) is 2.57. The molecule has 0 radical (unpaired) electrons. The van der Waals surface area contributed by atoms with Crippen molar-refractivity contribution < 1.29 is 4.79 Å². The summed E-state index contributed by atoms with van der Waals surface area (Å²) in [5.74, 6) is 0.0271. The molecule has 3 nitrogen and oxygen atoms in total. The maximum Gasteiger partial charge on any atom is 0.223 e. The number of anilines is 1. The van der Waals surface area contributed by atoms with E-state index in [4.69, 9.17) is 5.73 Å². The van der Waals surface area contributed by atoms with Crippen molar-refractivity contribution in [3.05, 3.63) is 29.8 Å². The van der Waals surface area contributed by atoms with E-state index in [2.05, 4.69) is 0 Å². The summed E-state index contributed by atoms with van der Waals surface area (Å²) in [5, 5.41) is 0. The molecule has 0 aromatic heterocycles.